The fourth-order valence-electron chi connectivity index (χ4n) is 1.01. The molecule has 1 aromatic carbocycles. The number of nitrogens with two attached hydrogens (primary N) is 1. The number of nitrogen functional groups attached to an aromatic ring is 1. The average molecular weight is 244 g/mol. The minimum atomic E-state index is -0.445. The fraction of sp³-hybridized carbons (Fsp3) is 0.222. The summed E-state index contributed by atoms with van der Waals surface area (Å²) in [6, 6.07) is 4.84. The zero-order valence-corrected chi connectivity index (χ0v) is 8.71. The van der Waals surface area contributed by atoms with Gasteiger partial charge in [0.2, 0.25) is 0 Å². The van der Waals surface area contributed by atoms with Crippen LogP contribution in [-0.4, -0.2) is 10.9 Å². The molecule has 0 aliphatic carbocycles. The van der Waals surface area contributed by atoms with Crippen molar-refractivity contribution >= 4 is 27.4 Å². The van der Waals surface area contributed by atoms with Gasteiger partial charge in [0.1, 0.15) is 11.5 Å². The van der Waals surface area contributed by atoms with Crippen LogP contribution in [0.25, 0.3) is 0 Å². The largest absolute Gasteiger partial charge is 0.506 e. The normalized spacial score (nSPS) is 12.5. The smallest absolute Gasteiger partial charge is 0.147 e. The van der Waals surface area contributed by atoms with Crippen molar-refractivity contribution in [3.63, 3.8) is 0 Å². The van der Waals surface area contributed by atoms with Gasteiger partial charge in [0.05, 0.1) is 10.5 Å². The first-order valence-electron chi connectivity index (χ1n) is 3.76. The average Bonchev–Trinajstić information content (AvgIpc) is 2.08. The lowest BCUT2D eigenvalue weighted by Crippen LogP contribution is -2.04. The van der Waals surface area contributed by atoms with Crippen LogP contribution in [0.3, 0.4) is 0 Å². The van der Waals surface area contributed by atoms with E-state index in [0.29, 0.717) is 5.56 Å². The van der Waals surface area contributed by atoms with Crippen molar-refractivity contribution in [2.24, 2.45) is 0 Å². The number of Topliss-reactive ketones (excluding diaryl/α,β-unsaturated/α-hetero) is 1. The highest BCUT2D eigenvalue weighted by Crippen LogP contribution is 2.33. The van der Waals surface area contributed by atoms with Gasteiger partial charge in [0.15, 0.2) is 0 Å². The van der Waals surface area contributed by atoms with Crippen LogP contribution in [0, 0.1) is 0 Å². The fourth-order valence-corrected chi connectivity index (χ4v) is 1.41. The second-order valence-corrected chi connectivity index (χ2v) is 3.67. The first-order valence-corrected chi connectivity index (χ1v) is 4.67. The summed E-state index contributed by atoms with van der Waals surface area (Å²) >= 11 is 3.19. The summed E-state index contributed by atoms with van der Waals surface area (Å²) in [5.74, 6) is -0.0412. The molecule has 0 aliphatic heterocycles. The Bertz CT molecular complexity index is 338. The van der Waals surface area contributed by atoms with Gasteiger partial charge >= 0.3 is 0 Å². The molecular weight excluding hydrogens is 234 g/mol. The van der Waals surface area contributed by atoms with Crippen molar-refractivity contribution in [1.82, 2.24) is 0 Å². The Kier molecular flexibility index (Phi) is 2.93. The van der Waals surface area contributed by atoms with Gasteiger partial charge in [0, 0.05) is 0 Å². The summed E-state index contributed by atoms with van der Waals surface area (Å²) < 4.78 is 0. The van der Waals surface area contributed by atoms with Gasteiger partial charge in [0.25, 0.3) is 0 Å². The molecule has 0 heterocycles. The van der Waals surface area contributed by atoms with Crippen LogP contribution >= 0.6 is 15.9 Å². The number of halogens is 1. The lowest BCUT2D eigenvalue weighted by atomic mass is 10.1. The lowest BCUT2D eigenvalue weighted by Gasteiger charge is -2.10. The monoisotopic (exact) mass is 243 g/mol. The molecule has 0 bridgehead atoms. The molecule has 0 fully saturated rings. The molecule has 0 saturated heterocycles. The Morgan fingerprint density at radius 2 is 2.23 bits per heavy atom. The third-order valence-corrected chi connectivity index (χ3v) is 2.88. The topological polar surface area (TPSA) is 63.3 Å². The van der Waals surface area contributed by atoms with Crippen LogP contribution in [0.1, 0.15) is 17.3 Å². The van der Waals surface area contributed by atoms with Gasteiger partial charge in [-0.2, -0.15) is 0 Å². The van der Waals surface area contributed by atoms with Gasteiger partial charge in [-0.3, -0.25) is 4.79 Å². The molecule has 0 saturated carbocycles. The molecule has 70 valence electrons. The van der Waals surface area contributed by atoms with E-state index in [4.69, 9.17) is 5.73 Å². The number of phenols is 1. The number of hydrogen-bond acceptors (Lipinski definition) is 3. The number of phenolic OH excluding ortho intramolecular Hbond substituents is 1. The van der Waals surface area contributed by atoms with Crippen LogP contribution < -0.4 is 5.73 Å². The summed E-state index contributed by atoms with van der Waals surface area (Å²) in [5.41, 5.74) is 6.44. The molecule has 3 nitrogen and oxygen atoms in total. The second kappa shape index (κ2) is 3.79. The van der Waals surface area contributed by atoms with Crippen LogP contribution in [0.5, 0.6) is 5.75 Å². The van der Waals surface area contributed by atoms with Crippen LogP contribution in [0.4, 0.5) is 5.69 Å². The molecule has 1 rings (SSSR count). The second-order valence-electron chi connectivity index (χ2n) is 2.75. The maximum atomic E-state index is 11.0. The van der Waals surface area contributed by atoms with E-state index in [0.717, 1.165) is 0 Å². The third kappa shape index (κ3) is 2.01. The minimum absolute atomic E-state index is 0.00296. The van der Waals surface area contributed by atoms with Crippen molar-refractivity contribution in [3.05, 3.63) is 23.8 Å². The molecule has 0 spiro atoms. The molecule has 1 atom stereocenters. The van der Waals surface area contributed by atoms with Gasteiger partial charge < -0.3 is 10.8 Å². The molecule has 1 aromatic rings. The first kappa shape index (κ1) is 10.1. The third-order valence-electron chi connectivity index (χ3n) is 1.75. The van der Waals surface area contributed by atoms with Crippen molar-refractivity contribution < 1.29 is 9.90 Å². The maximum Gasteiger partial charge on any atom is 0.147 e. The van der Waals surface area contributed by atoms with E-state index in [2.05, 4.69) is 15.9 Å². The number of ketones is 1. The van der Waals surface area contributed by atoms with Crippen molar-refractivity contribution in [2.75, 3.05) is 5.73 Å². The number of anilines is 1. The van der Waals surface area contributed by atoms with Gasteiger partial charge in [-0.25, -0.2) is 0 Å². The first-order chi connectivity index (χ1) is 6.04. The van der Waals surface area contributed by atoms with E-state index in [1.807, 2.05) is 0 Å². The zero-order valence-electron chi connectivity index (χ0n) is 7.12. The summed E-state index contributed by atoms with van der Waals surface area (Å²) in [4.78, 5) is 10.6. The lowest BCUT2D eigenvalue weighted by molar-refractivity contribution is -0.116. The summed E-state index contributed by atoms with van der Waals surface area (Å²) in [7, 11) is 0. The summed E-state index contributed by atoms with van der Waals surface area (Å²) in [6.45, 7) is 1.46. The molecular formula is C9H10BrNO2. The maximum absolute atomic E-state index is 11.0. The molecule has 0 aromatic heterocycles. The number of aromatic hydroxyl groups is 1. The van der Waals surface area contributed by atoms with Crippen LogP contribution in [0.2, 0.25) is 0 Å². The molecule has 1 unspecified atom stereocenters. The van der Waals surface area contributed by atoms with Gasteiger partial charge in [-0.1, -0.05) is 28.1 Å². The SMILES string of the molecule is CC(=O)C(Br)c1cccc(O)c1N. The predicted octanol–water partition coefficient (Wildman–Crippen LogP) is 2.00. The molecule has 3 N–H and O–H groups in total. The predicted molar refractivity (Wildman–Crippen MR) is 54.9 cm³/mol. The number of rotatable bonds is 2. The van der Waals surface area contributed by atoms with Crippen molar-refractivity contribution in [2.45, 2.75) is 11.8 Å². The van der Waals surface area contributed by atoms with Crippen LogP contribution in [-0.2, 0) is 4.79 Å². The highest BCUT2D eigenvalue weighted by Gasteiger charge is 2.16. The Morgan fingerprint density at radius 1 is 1.62 bits per heavy atom. The van der Waals surface area contributed by atoms with Gasteiger partial charge in [-0.15, -0.1) is 0 Å². The summed E-state index contributed by atoms with van der Waals surface area (Å²) in [6.07, 6.45) is 0. The Balaban J connectivity index is 3.15. The molecule has 0 amide bonds. The molecule has 4 heteroatoms. The zero-order chi connectivity index (χ0) is 10.0. The highest BCUT2D eigenvalue weighted by atomic mass is 79.9. The Hall–Kier alpha value is -1.03. The Labute approximate surface area is 84.7 Å². The van der Waals surface area contributed by atoms with E-state index < -0.39 is 4.83 Å². The molecule has 0 aliphatic rings. The number of para-hydroxylation sites is 1. The van der Waals surface area contributed by atoms with Gasteiger partial charge in [-0.05, 0) is 18.6 Å². The summed E-state index contributed by atoms with van der Waals surface area (Å²) in [5, 5.41) is 9.27. The van der Waals surface area contributed by atoms with E-state index in [-0.39, 0.29) is 17.2 Å². The number of benzene rings is 1. The van der Waals surface area contributed by atoms with Crippen LogP contribution in [0.15, 0.2) is 18.2 Å². The number of hydrogen-bond donors (Lipinski definition) is 2. The van der Waals surface area contributed by atoms with E-state index >= 15 is 0 Å². The molecule has 0 radical (unpaired) electrons. The van der Waals surface area contributed by atoms with E-state index in [1.54, 1.807) is 12.1 Å². The number of alkyl halides is 1. The van der Waals surface area contributed by atoms with Crippen molar-refractivity contribution in [3.8, 4) is 5.75 Å². The number of carbonyl (C=O) groups excluding carboxylic acids is 1. The quantitative estimate of drug-likeness (QED) is 0.475. The standard InChI is InChI=1S/C9H10BrNO2/c1-5(12)8(10)6-3-2-4-7(13)9(6)11/h2-4,8,13H,11H2,1H3. The van der Waals surface area contributed by atoms with E-state index in [1.165, 1.54) is 13.0 Å². The molecule has 13 heavy (non-hydrogen) atoms. The van der Waals surface area contributed by atoms with E-state index in [9.17, 15) is 9.90 Å². The Morgan fingerprint density at radius 3 is 2.77 bits per heavy atom. The highest BCUT2D eigenvalue weighted by molar-refractivity contribution is 9.09. The minimum Gasteiger partial charge on any atom is -0.506 e. The van der Waals surface area contributed by atoms with Crippen molar-refractivity contribution in [1.29, 1.82) is 0 Å². The number of carbonyl (C=O) groups is 1.